The number of nitrogens with zero attached hydrogens (tertiary/aromatic N) is 2. The van der Waals surface area contributed by atoms with Gasteiger partial charge in [-0.05, 0) is 30.2 Å². The van der Waals surface area contributed by atoms with Crippen molar-refractivity contribution in [2.45, 2.75) is 19.8 Å². The molecule has 0 saturated carbocycles. The summed E-state index contributed by atoms with van der Waals surface area (Å²) in [7, 11) is 0. The van der Waals surface area contributed by atoms with Crippen molar-refractivity contribution >= 4 is 5.52 Å². The van der Waals surface area contributed by atoms with Crippen LogP contribution in [0.25, 0.3) is 5.52 Å². The minimum atomic E-state index is 0.365. The van der Waals surface area contributed by atoms with Gasteiger partial charge in [0.25, 0.3) is 0 Å². The number of hydrogen-bond donors (Lipinski definition) is 0. The van der Waals surface area contributed by atoms with Gasteiger partial charge in [-0.15, -0.1) is 0 Å². The second-order valence-corrected chi connectivity index (χ2v) is 4.72. The van der Waals surface area contributed by atoms with Crippen LogP contribution in [0.4, 0.5) is 0 Å². The molecule has 1 atom stereocenters. The highest BCUT2D eigenvalue weighted by Crippen LogP contribution is 2.26. The molecule has 18 heavy (non-hydrogen) atoms. The third kappa shape index (κ3) is 1.70. The second kappa shape index (κ2) is 4.30. The van der Waals surface area contributed by atoms with Gasteiger partial charge in [-0.2, -0.15) is 0 Å². The van der Waals surface area contributed by atoms with Crippen LogP contribution >= 0.6 is 0 Å². The summed E-state index contributed by atoms with van der Waals surface area (Å²) >= 11 is 0. The van der Waals surface area contributed by atoms with E-state index in [1.165, 1.54) is 16.8 Å². The van der Waals surface area contributed by atoms with Gasteiger partial charge in [-0.3, -0.25) is 0 Å². The smallest absolute Gasteiger partial charge is 0.0994 e. The normalized spacial score (nSPS) is 12.8. The number of fused-ring (bicyclic) bond motifs is 1. The largest absolute Gasteiger partial charge is 0.303 e. The minimum absolute atomic E-state index is 0.365. The third-order valence-electron chi connectivity index (χ3n) is 3.58. The van der Waals surface area contributed by atoms with E-state index in [1.54, 1.807) is 0 Å². The molecular weight excluding hydrogens is 220 g/mol. The summed E-state index contributed by atoms with van der Waals surface area (Å²) in [6, 6.07) is 14.9. The Labute approximate surface area is 107 Å². The van der Waals surface area contributed by atoms with Crippen molar-refractivity contribution < 1.29 is 0 Å². The van der Waals surface area contributed by atoms with Gasteiger partial charge in [0.05, 0.1) is 18.0 Å². The van der Waals surface area contributed by atoms with Crippen LogP contribution in [-0.4, -0.2) is 9.38 Å². The molecule has 0 radical (unpaired) electrons. The van der Waals surface area contributed by atoms with Crippen LogP contribution in [0.1, 0.15) is 29.7 Å². The Bertz CT molecular complexity index is 682. The fourth-order valence-corrected chi connectivity index (χ4v) is 2.55. The van der Waals surface area contributed by atoms with Gasteiger partial charge in [-0.1, -0.05) is 37.3 Å². The highest BCUT2D eigenvalue weighted by Gasteiger charge is 2.13. The van der Waals surface area contributed by atoms with Gasteiger partial charge >= 0.3 is 0 Å². The maximum Gasteiger partial charge on any atom is 0.0994 e. The quantitative estimate of drug-likeness (QED) is 0.661. The van der Waals surface area contributed by atoms with Gasteiger partial charge in [0.2, 0.25) is 0 Å². The summed E-state index contributed by atoms with van der Waals surface area (Å²) in [4.78, 5) is 4.22. The van der Waals surface area contributed by atoms with Crippen LogP contribution < -0.4 is 0 Å². The zero-order valence-corrected chi connectivity index (χ0v) is 10.7. The molecule has 1 aromatic carbocycles. The molecule has 2 heterocycles. The molecule has 0 bridgehead atoms. The number of rotatable bonds is 2. The summed E-state index contributed by atoms with van der Waals surface area (Å²) in [6.45, 7) is 4.41. The molecule has 0 aliphatic carbocycles. The van der Waals surface area contributed by atoms with Crippen molar-refractivity contribution in [2.75, 3.05) is 0 Å². The van der Waals surface area contributed by atoms with E-state index < -0.39 is 0 Å². The summed E-state index contributed by atoms with van der Waals surface area (Å²) in [5, 5.41) is 0. The molecule has 0 saturated heterocycles. The Morgan fingerprint density at radius 1 is 1.06 bits per heavy atom. The molecule has 0 N–H and O–H groups in total. The first-order valence-corrected chi connectivity index (χ1v) is 6.24. The Balaban J connectivity index is 2.15. The Kier molecular flexibility index (Phi) is 2.63. The van der Waals surface area contributed by atoms with Gasteiger partial charge in [-0.25, -0.2) is 4.98 Å². The lowest BCUT2D eigenvalue weighted by Gasteiger charge is -2.16. The maximum absolute atomic E-state index is 4.22. The molecule has 3 rings (SSSR count). The molecule has 90 valence electrons. The number of benzene rings is 1. The fourth-order valence-electron chi connectivity index (χ4n) is 2.55. The van der Waals surface area contributed by atoms with Crippen molar-refractivity contribution in [3.8, 4) is 0 Å². The van der Waals surface area contributed by atoms with Crippen molar-refractivity contribution in [3.63, 3.8) is 0 Å². The second-order valence-electron chi connectivity index (χ2n) is 4.72. The first-order chi connectivity index (χ1) is 8.77. The predicted molar refractivity (Wildman–Crippen MR) is 73.9 cm³/mol. The van der Waals surface area contributed by atoms with E-state index in [1.807, 2.05) is 12.5 Å². The molecule has 0 spiro atoms. The molecule has 3 aromatic rings. The van der Waals surface area contributed by atoms with Crippen LogP contribution in [0, 0.1) is 6.92 Å². The van der Waals surface area contributed by atoms with Gasteiger partial charge in [0.1, 0.15) is 0 Å². The van der Waals surface area contributed by atoms with E-state index in [0.29, 0.717) is 5.92 Å². The summed E-state index contributed by atoms with van der Waals surface area (Å²) in [5.74, 6) is 0.365. The van der Waals surface area contributed by atoms with Crippen molar-refractivity contribution in [3.05, 3.63) is 71.8 Å². The van der Waals surface area contributed by atoms with Gasteiger partial charge < -0.3 is 4.40 Å². The lowest BCUT2D eigenvalue weighted by Crippen LogP contribution is -2.04. The van der Waals surface area contributed by atoms with Crippen LogP contribution in [0.2, 0.25) is 0 Å². The summed E-state index contributed by atoms with van der Waals surface area (Å²) in [6.07, 6.45) is 3.79. The standard InChI is InChI=1S/C16H16N2/c1-12-6-3-4-8-15(12)13(2)16-9-5-7-14-10-17-11-18(14)16/h3-11,13H,1-2H3. The molecule has 0 aliphatic rings. The number of aryl methyl sites for hydroxylation is 1. The van der Waals surface area contributed by atoms with Crippen LogP contribution in [0.3, 0.4) is 0 Å². The van der Waals surface area contributed by atoms with E-state index in [4.69, 9.17) is 0 Å². The highest BCUT2D eigenvalue weighted by atomic mass is 15.0. The monoisotopic (exact) mass is 236 g/mol. The van der Waals surface area contributed by atoms with Crippen LogP contribution in [-0.2, 0) is 0 Å². The molecule has 0 fully saturated rings. The average Bonchev–Trinajstić information content (AvgIpc) is 2.86. The SMILES string of the molecule is Cc1ccccc1C(C)c1cccc2cncn12. The molecular formula is C16H16N2. The number of pyridine rings is 1. The molecule has 2 nitrogen and oxygen atoms in total. The van der Waals surface area contributed by atoms with E-state index in [9.17, 15) is 0 Å². The minimum Gasteiger partial charge on any atom is -0.303 e. The first-order valence-electron chi connectivity index (χ1n) is 6.24. The summed E-state index contributed by atoms with van der Waals surface area (Å²) in [5.41, 5.74) is 5.13. The van der Waals surface area contributed by atoms with E-state index >= 15 is 0 Å². The van der Waals surface area contributed by atoms with E-state index in [2.05, 4.69) is 65.7 Å². The van der Waals surface area contributed by atoms with Crippen molar-refractivity contribution in [2.24, 2.45) is 0 Å². The zero-order valence-electron chi connectivity index (χ0n) is 10.7. The number of imidazole rings is 1. The Hall–Kier alpha value is -2.09. The molecule has 1 unspecified atom stereocenters. The fraction of sp³-hybridized carbons (Fsp3) is 0.188. The van der Waals surface area contributed by atoms with Crippen LogP contribution in [0.15, 0.2) is 55.0 Å². The summed E-state index contributed by atoms with van der Waals surface area (Å²) < 4.78 is 2.16. The molecule has 2 heteroatoms. The lowest BCUT2D eigenvalue weighted by atomic mass is 9.93. The lowest BCUT2D eigenvalue weighted by molar-refractivity contribution is 0.836. The van der Waals surface area contributed by atoms with E-state index in [-0.39, 0.29) is 0 Å². The molecule has 0 amide bonds. The van der Waals surface area contributed by atoms with Crippen molar-refractivity contribution in [1.82, 2.24) is 9.38 Å². The van der Waals surface area contributed by atoms with Crippen molar-refractivity contribution in [1.29, 1.82) is 0 Å². The number of hydrogen-bond acceptors (Lipinski definition) is 1. The first kappa shape index (κ1) is 11.0. The third-order valence-corrected chi connectivity index (χ3v) is 3.58. The van der Waals surface area contributed by atoms with E-state index in [0.717, 1.165) is 5.52 Å². The predicted octanol–water partition coefficient (Wildman–Crippen LogP) is 3.79. The molecule has 2 aromatic heterocycles. The van der Waals surface area contributed by atoms with Crippen LogP contribution in [0.5, 0.6) is 0 Å². The Morgan fingerprint density at radius 3 is 2.72 bits per heavy atom. The maximum atomic E-state index is 4.22. The Morgan fingerprint density at radius 2 is 1.89 bits per heavy atom. The number of aromatic nitrogens is 2. The topological polar surface area (TPSA) is 17.3 Å². The van der Waals surface area contributed by atoms with Gasteiger partial charge in [0, 0.05) is 11.6 Å². The average molecular weight is 236 g/mol. The zero-order chi connectivity index (χ0) is 12.5. The molecule has 0 aliphatic heterocycles. The highest BCUT2D eigenvalue weighted by molar-refractivity contribution is 5.47. The van der Waals surface area contributed by atoms with Gasteiger partial charge in [0.15, 0.2) is 0 Å².